The zero-order chi connectivity index (χ0) is 31.5. The predicted octanol–water partition coefficient (Wildman–Crippen LogP) is 10.9. The Morgan fingerprint density at radius 3 is 1.74 bits per heavy atom. The molecule has 0 spiro atoms. The van der Waals surface area contributed by atoms with Gasteiger partial charge in [-0.3, -0.25) is 0 Å². The van der Waals surface area contributed by atoms with Gasteiger partial charge in [-0.25, -0.2) is 15.0 Å². The second-order valence-electron chi connectivity index (χ2n) is 12.5. The highest BCUT2D eigenvalue weighted by molar-refractivity contribution is 6.07. The van der Waals surface area contributed by atoms with Crippen LogP contribution in [0.1, 0.15) is 25.0 Å². The maximum Gasteiger partial charge on any atom is 0.178 e. The molecule has 3 heterocycles. The Balaban J connectivity index is 1.15. The van der Waals surface area contributed by atoms with E-state index in [4.69, 9.17) is 24.1 Å². The van der Waals surface area contributed by atoms with Crippen molar-refractivity contribution in [3.63, 3.8) is 0 Å². The van der Waals surface area contributed by atoms with Crippen molar-refractivity contribution in [3.8, 4) is 56.8 Å². The highest BCUT2D eigenvalue weighted by Gasteiger charge is 2.37. The molecule has 0 fully saturated rings. The Labute approximate surface area is 272 Å². The quantitative estimate of drug-likeness (QED) is 0.199. The molecule has 0 saturated heterocycles. The summed E-state index contributed by atoms with van der Waals surface area (Å²) in [4.78, 5) is 15.0. The predicted molar refractivity (Wildman–Crippen MR) is 187 cm³/mol. The van der Waals surface area contributed by atoms with Crippen molar-refractivity contribution < 1.29 is 9.15 Å². The first-order valence-electron chi connectivity index (χ1n) is 15.8. The van der Waals surface area contributed by atoms with Gasteiger partial charge < -0.3 is 9.15 Å². The van der Waals surface area contributed by atoms with Crippen LogP contribution in [0.3, 0.4) is 0 Å². The average Bonchev–Trinajstić information content (AvgIpc) is 3.52. The Morgan fingerprint density at radius 1 is 0.468 bits per heavy atom. The highest BCUT2D eigenvalue weighted by atomic mass is 16.5. The number of fused-ring (bicyclic) bond motifs is 6. The molecule has 47 heavy (non-hydrogen) atoms. The molecule has 9 rings (SSSR count). The zero-order valence-corrected chi connectivity index (χ0v) is 25.9. The number of nitrogens with zero attached hydrogens (tertiary/aromatic N) is 3. The summed E-state index contributed by atoms with van der Waals surface area (Å²) in [5.74, 6) is 3.44. The molecule has 224 valence electrons. The number of aromatic nitrogens is 3. The van der Waals surface area contributed by atoms with E-state index < -0.39 is 0 Å². The van der Waals surface area contributed by atoms with Gasteiger partial charge in [0, 0.05) is 44.0 Å². The number of ether oxygens (including phenoxy) is 1. The van der Waals surface area contributed by atoms with Crippen LogP contribution in [0.25, 0.3) is 67.2 Å². The topological polar surface area (TPSA) is 61.0 Å². The second-order valence-corrected chi connectivity index (χ2v) is 12.5. The van der Waals surface area contributed by atoms with Crippen LogP contribution >= 0.6 is 0 Å². The molecule has 8 aromatic rings. The van der Waals surface area contributed by atoms with Crippen molar-refractivity contribution in [3.05, 3.63) is 151 Å². The van der Waals surface area contributed by atoms with E-state index in [1.165, 1.54) is 5.56 Å². The summed E-state index contributed by atoms with van der Waals surface area (Å²) in [6, 6.07) is 47.5. The number of para-hydroxylation sites is 1. The Kier molecular flexibility index (Phi) is 6.09. The van der Waals surface area contributed by atoms with Gasteiger partial charge in [0.15, 0.2) is 28.8 Å². The molecular weight excluding hydrogens is 578 g/mol. The molecular formula is C42H29N3O2. The average molecular weight is 608 g/mol. The van der Waals surface area contributed by atoms with E-state index in [9.17, 15) is 0 Å². The van der Waals surface area contributed by atoms with Gasteiger partial charge in [-0.15, -0.1) is 0 Å². The number of hydrogen-bond donors (Lipinski definition) is 0. The van der Waals surface area contributed by atoms with E-state index in [-0.39, 0.29) is 5.41 Å². The fraction of sp³-hybridized carbons (Fsp3) is 0.0714. The normalized spacial score (nSPS) is 13.2. The fourth-order valence-electron chi connectivity index (χ4n) is 6.65. The SMILES string of the molecule is CC1(C)c2cc(-c3nc(-c4ccccc4)nc(-c4ccc(-c5ccccc5)cc4)n3)ccc2Oc2c1ccc1c2oc2ccccc21. The van der Waals surface area contributed by atoms with Crippen LogP contribution < -0.4 is 4.74 Å². The lowest BCUT2D eigenvalue weighted by molar-refractivity contribution is 0.415. The molecule has 0 N–H and O–H groups in total. The van der Waals surface area contributed by atoms with Crippen LogP contribution in [0.4, 0.5) is 0 Å². The highest BCUT2D eigenvalue weighted by Crippen LogP contribution is 2.52. The van der Waals surface area contributed by atoms with Crippen molar-refractivity contribution in [2.45, 2.75) is 19.3 Å². The van der Waals surface area contributed by atoms with E-state index in [1.807, 2.05) is 66.7 Å². The van der Waals surface area contributed by atoms with Gasteiger partial charge in [0.25, 0.3) is 0 Å². The van der Waals surface area contributed by atoms with Gasteiger partial charge in [-0.05, 0) is 41.5 Å². The molecule has 0 saturated carbocycles. The summed E-state index contributed by atoms with van der Waals surface area (Å²) in [6.45, 7) is 4.46. The molecule has 2 aromatic heterocycles. The number of benzene rings is 6. The van der Waals surface area contributed by atoms with Gasteiger partial charge in [0.1, 0.15) is 11.3 Å². The molecule has 0 atom stereocenters. The third-order valence-corrected chi connectivity index (χ3v) is 9.22. The van der Waals surface area contributed by atoms with Crippen LogP contribution in [0.15, 0.2) is 144 Å². The molecule has 0 amide bonds. The van der Waals surface area contributed by atoms with E-state index in [0.29, 0.717) is 17.5 Å². The monoisotopic (exact) mass is 607 g/mol. The summed E-state index contributed by atoms with van der Waals surface area (Å²) in [5, 5.41) is 2.14. The first-order chi connectivity index (χ1) is 23.0. The first-order valence-corrected chi connectivity index (χ1v) is 15.8. The fourth-order valence-corrected chi connectivity index (χ4v) is 6.65. The third kappa shape index (κ3) is 4.50. The largest absolute Gasteiger partial charge is 0.453 e. The van der Waals surface area contributed by atoms with Crippen molar-refractivity contribution in [2.75, 3.05) is 0 Å². The minimum atomic E-state index is -0.364. The maximum absolute atomic E-state index is 6.63. The summed E-state index contributed by atoms with van der Waals surface area (Å²) in [6.07, 6.45) is 0. The van der Waals surface area contributed by atoms with E-state index in [1.54, 1.807) is 0 Å². The van der Waals surface area contributed by atoms with Crippen molar-refractivity contribution in [1.29, 1.82) is 0 Å². The van der Waals surface area contributed by atoms with Gasteiger partial charge in [-0.2, -0.15) is 0 Å². The molecule has 1 aliphatic rings. The number of furan rings is 1. The first kappa shape index (κ1) is 27.3. The summed E-state index contributed by atoms with van der Waals surface area (Å²) < 4.78 is 13.0. The van der Waals surface area contributed by atoms with Crippen molar-refractivity contribution in [2.24, 2.45) is 0 Å². The van der Waals surface area contributed by atoms with E-state index in [2.05, 4.69) is 86.6 Å². The molecule has 0 bridgehead atoms. The van der Waals surface area contributed by atoms with Gasteiger partial charge in [0.2, 0.25) is 0 Å². The minimum Gasteiger partial charge on any atom is -0.453 e. The molecule has 5 heteroatoms. The molecule has 5 nitrogen and oxygen atoms in total. The maximum atomic E-state index is 6.63. The zero-order valence-electron chi connectivity index (χ0n) is 25.9. The Bertz CT molecular complexity index is 2450. The van der Waals surface area contributed by atoms with Crippen LogP contribution in [-0.2, 0) is 5.41 Å². The lowest BCUT2D eigenvalue weighted by atomic mass is 9.75. The molecule has 0 radical (unpaired) electrons. The van der Waals surface area contributed by atoms with Crippen LogP contribution in [-0.4, -0.2) is 15.0 Å². The van der Waals surface area contributed by atoms with Crippen molar-refractivity contribution in [1.82, 2.24) is 15.0 Å². The molecule has 0 unspecified atom stereocenters. The van der Waals surface area contributed by atoms with Crippen molar-refractivity contribution >= 4 is 21.9 Å². The van der Waals surface area contributed by atoms with Gasteiger partial charge in [0.05, 0.1) is 0 Å². The van der Waals surface area contributed by atoms with E-state index >= 15 is 0 Å². The second kappa shape index (κ2) is 10.5. The van der Waals surface area contributed by atoms with Gasteiger partial charge in [-0.1, -0.05) is 123 Å². The van der Waals surface area contributed by atoms with E-state index in [0.717, 1.165) is 66.8 Å². The van der Waals surface area contributed by atoms with Crippen LogP contribution in [0, 0.1) is 0 Å². The lowest BCUT2D eigenvalue weighted by Gasteiger charge is -2.34. The number of rotatable bonds is 4. The standard InChI is InChI=1S/C42H29N3O2/c1-42(2)33-23-22-32-31-15-9-10-16-35(31)46-37(32)38(33)47-36-24-21-30(25-34(36)42)41-44-39(28-13-7-4-8-14-28)43-40(45-41)29-19-17-27(18-20-29)26-11-5-3-6-12-26/h3-25H,1-2H3. The minimum absolute atomic E-state index is 0.364. The third-order valence-electron chi connectivity index (χ3n) is 9.22. The summed E-state index contributed by atoms with van der Waals surface area (Å²) >= 11 is 0. The molecule has 1 aliphatic heterocycles. The molecule has 0 aliphatic carbocycles. The number of hydrogen-bond acceptors (Lipinski definition) is 5. The van der Waals surface area contributed by atoms with Gasteiger partial charge >= 0.3 is 0 Å². The Hall–Kier alpha value is -6.07. The van der Waals surface area contributed by atoms with Crippen LogP contribution in [0.5, 0.6) is 11.5 Å². The smallest absolute Gasteiger partial charge is 0.178 e. The lowest BCUT2D eigenvalue weighted by Crippen LogP contribution is -2.24. The Morgan fingerprint density at radius 2 is 1.02 bits per heavy atom. The summed E-state index contributed by atoms with van der Waals surface area (Å²) in [5.41, 5.74) is 8.48. The molecule has 6 aromatic carbocycles. The summed E-state index contributed by atoms with van der Waals surface area (Å²) in [7, 11) is 0. The van der Waals surface area contributed by atoms with Crippen LogP contribution in [0.2, 0.25) is 0 Å².